The van der Waals surface area contributed by atoms with E-state index in [9.17, 15) is 5.11 Å². The SMILES string of the molecule is CCNC(=NCC1CCCC1O)NCCc1ccc(OC)cc1. The lowest BCUT2D eigenvalue weighted by Gasteiger charge is -2.15. The molecule has 1 saturated carbocycles. The van der Waals surface area contributed by atoms with Crippen molar-refractivity contribution in [2.24, 2.45) is 10.9 Å². The van der Waals surface area contributed by atoms with Gasteiger partial charge in [-0.25, -0.2) is 0 Å². The molecule has 2 rings (SSSR count). The second-order valence-electron chi connectivity index (χ2n) is 6.00. The molecule has 0 saturated heterocycles. The Morgan fingerprint density at radius 2 is 2.04 bits per heavy atom. The first-order valence-electron chi connectivity index (χ1n) is 8.56. The van der Waals surface area contributed by atoms with Gasteiger partial charge in [0.05, 0.1) is 13.2 Å². The molecule has 128 valence electrons. The van der Waals surface area contributed by atoms with Crippen molar-refractivity contribution in [3.05, 3.63) is 29.8 Å². The lowest BCUT2D eigenvalue weighted by molar-refractivity contribution is 0.136. The van der Waals surface area contributed by atoms with Crippen LogP contribution >= 0.6 is 0 Å². The van der Waals surface area contributed by atoms with Crippen molar-refractivity contribution in [1.29, 1.82) is 0 Å². The minimum atomic E-state index is -0.180. The average Bonchev–Trinajstić information content (AvgIpc) is 2.98. The Morgan fingerprint density at radius 3 is 2.65 bits per heavy atom. The lowest BCUT2D eigenvalue weighted by atomic mass is 10.1. The van der Waals surface area contributed by atoms with Gasteiger partial charge in [-0.15, -0.1) is 0 Å². The Labute approximate surface area is 139 Å². The maximum atomic E-state index is 9.88. The van der Waals surface area contributed by atoms with Crippen molar-refractivity contribution in [2.45, 2.75) is 38.7 Å². The van der Waals surface area contributed by atoms with E-state index in [0.29, 0.717) is 12.5 Å². The largest absolute Gasteiger partial charge is 0.497 e. The van der Waals surface area contributed by atoms with E-state index >= 15 is 0 Å². The number of benzene rings is 1. The third-order valence-electron chi connectivity index (χ3n) is 4.31. The maximum Gasteiger partial charge on any atom is 0.191 e. The molecule has 1 aliphatic carbocycles. The van der Waals surface area contributed by atoms with Crippen molar-refractivity contribution in [3.8, 4) is 5.75 Å². The van der Waals surface area contributed by atoms with Crippen LogP contribution in [0.4, 0.5) is 0 Å². The molecule has 0 aliphatic heterocycles. The first-order chi connectivity index (χ1) is 11.2. The molecule has 2 unspecified atom stereocenters. The quantitative estimate of drug-likeness (QED) is 0.531. The van der Waals surface area contributed by atoms with Crippen LogP contribution in [0.5, 0.6) is 5.75 Å². The molecule has 0 heterocycles. The van der Waals surface area contributed by atoms with Gasteiger partial charge in [0.15, 0.2) is 5.96 Å². The Bertz CT molecular complexity index is 488. The molecule has 5 heteroatoms. The van der Waals surface area contributed by atoms with Crippen LogP contribution < -0.4 is 15.4 Å². The second-order valence-corrected chi connectivity index (χ2v) is 6.00. The van der Waals surface area contributed by atoms with Gasteiger partial charge in [-0.05, 0) is 43.9 Å². The summed E-state index contributed by atoms with van der Waals surface area (Å²) in [4.78, 5) is 4.62. The number of guanidine groups is 1. The van der Waals surface area contributed by atoms with Gasteiger partial charge < -0.3 is 20.5 Å². The van der Waals surface area contributed by atoms with Gasteiger partial charge in [0, 0.05) is 25.6 Å². The van der Waals surface area contributed by atoms with Crippen LogP contribution in [0.2, 0.25) is 0 Å². The molecule has 1 aromatic rings. The molecule has 0 spiro atoms. The van der Waals surface area contributed by atoms with Crippen LogP contribution in [0, 0.1) is 5.92 Å². The first kappa shape index (κ1) is 17.6. The Balaban J connectivity index is 1.78. The third-order valence-corrected chi connectivity index (χ3v) is 4.31. The zero-order chi connectivity index (χ0) is 16.5. The Hall–Kier alpha value is -1.75. The smallest absolute Gasteiger partial charge is 0.191 e. The van der Waals surface area contributed by atoms with E-state index in [4.69, 9.17) is 4.74 Å². The van der Waals surface area contributed by atoms with Gasteiger partial charge in [-0.1, -0.05) is 18.6 Å². The van der Waals surface area contributed by atoms with Crippen molar-refractivity contribution in [2.75, 3.05) is 26.7 Å². The zero-order valence-electron chi connectivity index (χ0n) is 14.2. The van der Waals surface area contributed by atoms with Crippen molar-refractivity contribution < 1.29 is 9.84 Å². The molecular weight excluding hydrogens is 290 g/mol. The van der Waals surface area contributed by atoms with E-state index in [1.165, 1.54) is 5.56 Å². The standard InChI is InChI=1S/C18H29N3O2/c1-3-19-18(21-13-15-5-4-6-17(15)22)20-12-11-14-7-9-16(23-2)10-8-14/h7-10,15,17,22H,3-6,11-13H2,1-2H3,(H2,19,20,21). The number of hydrogen-bond donors (Lipinski definition) is 3. The van der Waals surface area contributed by atoms with Crippen molar-refractivity contribution in [1.82, 2.24) is 10.6 Å². The zero-order valence-corrected chi connectivity index (χ0v) is 14.2. The molecule has 0 amide bonds. The van der Waals surface area contributed by atoms with Crippen LogP contribution in [-0.2, 0) is 6.42 Å². The first-order valence-corrected chi connectivity index (χ1v) is 8.56. The minimum absolute atomic E-state index is 0.180. The Morgan fingerprint density at radius 1 is 1.26 bits per heavy atom. The van der Waals surface area contributed by atoms with Gasteiger partial charge in [-0.2, -0.15) is 0 Å². The number of rotatable bonds is 7. The highest BCUT2D eigenvalue weighted by atomic mass is 16.5. The summed E-state index contributed by atoms with van der Waals surface area (Å²) in [7, 11) is 1.68. The molecule has 0 bridgehead atoms. The number of nitrogens with one attached hydrogen (secondary N) is 2. The van der Waals surface area contributed by atoms with Gasteiger partial charge >= 0.3 is 0 Å². The summed E-state index contributed by atoms with van der Waals surface area (Å²) in [6.45, 7) is 4.41. The molecule has 1 fully saturated rings. The van der Waals surface area contributed by atoms with E-state index in [0.717, 1.165) is 50.5 Å². The molecule has 5 nitrogen and oxygen atoms in total. The summed E-state index contributed by atoms with van der Waals surface area (Å²) in [5.74, 6) is 2.03. The summed E-state index contributed by atoms with van der Waals surface area (Å²) >= 11 is 0. The highest BCUT2D eigenvalue weighted by Crippen LogP contribution is 2.25. The van der Waals surface area contributed by atoms with Crippen molar-refractivity contribution in [3.63, 3.8) is 0 Å². The fourth-order valence-corrected chi connectivity index (χ4v) is 2.90. The van der Waals surface area contributed by atoms with Crippen LogP contribution in [0.25, 0.3) is 0 Å². The van der Waals surface area contributed by atoms with E-state index in [1.807, 2.05) is 12.1 Å². The van der Waals surface area contributed by atoms with Gasteiger partial charge in [0.2, 0.25) is 0 Å². The van der Waals surface area contributed by atoms with Crippen LogP contribution in [-0.4, -0.2) is 43.9 Å². The normalized spacial score (nSPS) is 21.3. The summed E-state index contributed by atoms with van der Waals surface area (Å²) < 4.78 is 5.17. The number of aliphatic imine (C=N–C) groups is 1. The Kier molecular flexibility index (Phi) is 7.20. The number of nitrogens with zero attached hydrogens (tertiary/aromatic N) is 1. The monoisotopic (exact) mass is 319 g/mol. The minimum Gasteiger partial charge on any atom is -0.497 e. The highest BCUT2D eigenvalue weighted by Gasteiger charge is 2.24. The highest BCUT2D eigenvalue weighted by molar-refractivity contribution is 5.79. The topological polar surface area (TPSA) is 65.9 Å². The number of aliphatic hydroxyl groups excluding tert-OH is 1. The molecule has 0 radical (unpaired) electrons. The predicted molar refractivity (Wildman–Crippen MR) is 94.0 cm³/mol. The summed E-state index contributed by atoms with van der Waals surface area (Å²) in [5.41, 5.74) is 1.26. The maximum absolute atomic E-state index is 9.88. The van der Waals surface area contributed by atoms with E-state index < -0.39 is 0 Å². The molecule has 23 heavy (non-hydrogen) atoms. The van der Waals surface area contributed by atoms with Gasteiger partial charge in [0.25, 0.3) is 0 Å². The van der Waals surface area contributed by atoms with Gasteiger partial charge in [-0.3, -0.25) is 4.99 Å². The number of ether oxygens (including phenoxy) is 1. The molecule has 1 aliphatic rings. The van der Waals surface area contributed by atoms with Crippen LogP contribution in [0.15, 0.2) is 29.3 Å². The number of hydrogen-bond acceptors (Lipinski definition) is 3. The fourth-order valence-electron chi connectivity index (χ4n) is 2.90. The number of aliphatic hydroxyl groups is 1. The van der Waals surface area contributed by atoms with E-state index in [-0.39, 0.29) is 6.10 Å². The molecule has 0 aromatic heterocycles. The summed E-state index contributed by atoms with van der Waals surface area (Å²) in [6.07, 6.45) is 3.86. The lowest BCUT2D eigenvalue weighted by Crippen LogP contribution is -2.39. The summed E-state index contributed by atoms with van der Waals surface area (Å²) in [6, 6.07) is 8.13. The third kappa shape index (κ3) is 5.75. The molecule has 1 aromatic carbocycles. The molecular formula is C18H29N3O2. The summed E-state index contributed by atoms with van der Waals surface area (Å²) in [5, 5.41) is 16.5. The fraction of sp³-hybridized carbons (Fsp3) is 0.611. The van der Waals surface area contributed by atoms with Crippen LogP contribution in [0.3, 0.4) is 0 Å². The second kappa shape index (κ2) is 9.40. The molecule has 3 N–H and O–H groups in total. The van der Waals surface area contributed by atoms with E-state index in [1.54, 1.807) is 7.11 Å². The van der Waals surface area contributed by atoms with E-state index in [2.05, 4.69) is 34.7 Å². The predicted octanol–water partition coefficient (Wildman–Crippen LogP) is 1.95. The average molecular weight is 319 g/mol. The van der Waals surface area contributed by atoms with Crippen molar-refractivity contribution >= 4 is 5.96 Å². The number of methoxy groups -OCH3 is 1. The van der Waals surface area contributed by atoms with Gasteiger partial charge in [0.1, 0.15) is 5.75 Å². The molecule has 2 atom stereocenters. The van der Waals surface area contributed by atoms with Crippen LogP contribution in [0.1, 0.15) is 31.7 Å².